The van der Waals surface area contributed by atoms with Crippen LogP contribution in [-0.4, -0.2) is 9.13 Å². The van der Waals surface area contributed by atoms with Crippen LogP contribution in [0.2, 0.25) is 0 Å². The molecule has 2 rings (SSSR count). The summed E-state index contributed by atoms with van der Waals surface area (Å²) in [4.78, 5) is 11.7. The molecule has 0 saturated heterocycles. The number of rotatable bonds is 1. The van der Waals surface area contributed by atoms with Crippen molar-refractivity contribution in [1.82, 2.24) is 9.13 Å². The minimum atomic E-state index is -2.27. The quantitative estimate of drug-likeness (QED) is 0.416. The van der Waals surface area contributed by atoms with Gasteiger partial charge in [0.2, 0.25) is 0 Å². The Bertz CT molecular complexity index is 661. The first kappa shape index (κ1) is 13.5. The Morgan fingerprint density at radius 3 is 2.19 bits per heavy atom. The third-order valence-electron chi connectivity index (χ3n) is 2.44. The van der Waals surface area contributed by atoms with Crippen molar-refractivity contribution >= 4 is 21.7 Å². The predicted octanol–water partition coefficient (Wildman–Crippen LogP) is -2.45. The van der Waals surface area contributed by atoms with E-state index in [1.54, 1.807) is 20.2 Å². The molecule has 16 heavy (non-hydrogen) atoms. The fourth-order valence-electron chi connectivity index (χ4n) is 1.59. The van der Waals surface area contributed by atoms with Crippen LogP contribution in [0.4, 0.5) is 0 Å². The van der Waals surface area contributed by atoms with Gasteiger partial charge in [-0.3, -0.25) is 9.13 Å². The maximum atomic E-state index is 11.5. The van der Waals surface area contributed by atoms with E-state index >= 15 is 0 Å². The minimum Gasteiger partial charge on any atom is -0.420 e. The van der Waals surface area contributed by atoms with Crippen molar-refractivity contribution in [3.8, 4) is 0 Å². The largest absolute Gasteiger partial charge is 1.00 e. The monoisotopic (exact) mass is 248 g/mol. The van der Waals surface area contributed by atoms with E-state index in [1.165, 1.54) is 21.3 Å². The molecule has 1 aromatic carbocycles. The summed E-state index contributed by atoms with van der Waals surface area (Å²) < 4.78 is 24.4. The summed E-state index contributed by atoms with van der Waals surface area (Å²) in [7, 11) is 0.999. The number of hydrogen-bond donors (Lipinski definition) is 0. The molecule has 0 aliphatic heterocycles. The van der Waals surface area contributed by atoms with E-state index < -0.39 is 10.7 Å². The summed E-state index contributed by atoms with van der Waals surface area (Å²) >= 11 is 0. The average Bonchev–Trinajstić information content (AvgIpc) is 2.44. The second-order valence-electron chi connectivity index (χ2n) is 3.29. The van der Waals surface area contributed by atoms with Crippen LogP contribution in [0.25, 0.3) is 11.0 Å². The van der Waals surface area contributed by atoms with Gasteiger partial charge in [0.15, 0.2) is 0 Å². The number of hydrogen-bond acceptors (Lipinski definition) is 4. The van der Waals surface area contributed by atoms with Gasteiger partial charge < -0.3 is 8.42 Å². The number of imidazole rings is 1. The van der Waals surface area contributed by atoms with E-state index in [0.29, 0.717) is 5.52 Å². The first-order chi connectivity index (χ1) is 7.02. The van der Waals surface area contributed by atoms with Gasteiger partial charge in [-0.05, 0) is 22.8 Å². The topological polar surface area (TPSA) is 61.1 Å². The van der Waals surface area contributed by atoms with Crippen LogP contribution in [0.15, 0.2) is 27.9 Å². The van der Waals surface area contributed by atoms with Gasteiger partial charge >= 0.3 is 35.2 Å². The summed E-state index contributed by atoms with van der Waals surface area (Å²) in [5.74, 6) is 0. The van der Waals surface area contributed by atoms with Crippen LogP contribution < -0.4 is 35.2 Å². The van der Waals surface area contributed by atoms with Crippen molar-refractivity contribution in [3.05, 3.63) is 28.7 Å². The van der Waals surface area contributed by atoms with Crippen LogP contribution in [-0.2, 0) is 33.2 Å². The normalized spacial score (nSPS) is 10.7. The molecule has 0 aliphatic rings. The van der Waals surface area contributed by atoms with Gasteiger partial charge in [0.05, 0.1) is 11.0 Å². The number of aryl methyl sites for hydroxylation is 2. The zero-order valence-corrected chi connectivity index (χ0v) is 12.1. The van der Waals surface area contributed by atoms with E-state index in [4.69, 9.17) is 0 Å². The van der Waals surface area contributed by atoms with Crippen molar-refractivity contribution in [2.45, 2.75) is 4.90 Å². The molecule has 0 radical (unpaired) electrons. The molecule has 1 aromatic heterocycles. The van der Waals surface area contributed by atoms with Crippen molar-refractivity contribution in [2.24, 2.45) is 14.1 Å². The standard InChI is InChI=1S/C9H9N2O3S.Na/c1-10-7-4-3-6(15(13)14)5-8(7)11(2)9(10)12;/h3-5H,1-2H3;/q-1;+1. The molecule has 0 bridgehead atoms. The molecule has 0 saturated carbocycles. The van der Waals surface area contributed by atoms with Gasteiger partial charge in [-0.25, -0.2) is 4.79 Å². The van der Waals surface area contributed by atoms with Gasteiger partial charge in [0.25, 0.3) is 0 Å². The Balaban J connectivity index is 0.00000128. The smallest absolute Gasteiger partial charge is 0.420 e. The second kappa shape index (κ2) is 4.75. The first-order valence-electron chi connectivity index (χ1n) is 4.27. The van der Waals surface area contributed by atoms with Crippen molar-refractivity contribution < 1.29 is 38.0 Å². The average molecular weight is 248 g/mol. The molecule has 1 heterocycles. The van der Waals surface area contributed by atoms with Gasteiger partial charge in [0.1, 0.15) is 0 Å². The Morgan fingerprint density at radius 1 is 1.06 bits per heavy atom. The molecule has 0 unspecified atom stereocenters. The molecule has 0 atom stereocenters. The maximum Gasteiger partial charge on any atom is 1.00 e. The Labute approximate surface area is 116 Å². The number of nitrogens with zero attached hydrogens (tertiary/aromatic N) is 2. The van der Waals surface area contributed by atoms with Crippen LogP contribution >= 0.6 is 0 Å². The molecule has 5 nitrogen and oxygen atoms in total. The fraction of sp³-hybridized carbons (Fsp3) is 0.222. The zero-order chi connectivity index (χ0) is 11.2. The number of aromatic nitrogens is 2. The molecule has 0 aliphatic carbocycles. The zero-order valence-electron chi connectivity index (χ0n) is 9.26. The molecule has 7 heteroatoms. The number of fused-ring (bicyclic) bond motifs is 1. The van der Waals surface area contributed by atoms with Gasteiger partial charge in [-0.2, -0.15) is 0 Å². The van der Waals surface area contributed by atoms with E-state index in [-0.39, 0.29) is 40.1 Å². The Morgan fingerprint density at radius 2 is 1.62 bits per heavy atom. The van der Waals surface area contributed by atoms with Crippen molar-refractivity contribution in [2.75, 3.05) is 0 Å². The summed E-state index contributed by atoms with van der Waals surface area (Å²) in [6.07, 6.45) is 0. The predicted molar refractivity (Wildman–Crippen MR) is 55.2 cm³/mol. The summed E-state index contributed by atoms with van der Waals surface area (Å²) in [5.41, 5.74) is 1.17. The van der Waals surface area contributed by atoms with E-state index in [2.05, 4.69) is 0 Å². The summed E-state index contributed by atoms with van der Waals surface area (Å²) in [6.45, 7) is 0. The van der Waals surface area contributed by atoms with Crippen LogP contribution in [0.3, 0.4) is 0 Å². The summed E-state index contributed by atoms with van der Waals surface area (Å²) in [6, 6.07) is 4.59. The Kier molecular flexibility index (Phi) is 4.01. The fourth-order valence-corrected chi connectivity index (χ4v) is 1.98. The SMILES string of the molecule is Cn1c(=O)n(C)c2cc([S-](=O)=O)ccc21.[Na+]. The second-order valence-corrected chi connectivity index (χ2v) is 4.23. The van der Waals surface area contributed by atoms with E-state index in [9.17, 15) is 13.2 Å². The van der Waals surface area contributed by atoms with Gasteiger partial charge in [0, 0.05) is 14.1 Å². The third kappa shape index (κ3) is 1.98. The molecule has 0 fully saturated rings. The van der Waals surface area contributed by atoms with Gasteiger partial charge in [-0.15, -0.1) is 0 Å². The third-order valence-corrected chi connectivity index (χ3v) is 3.07. The molecule has 0 amide bonds. The van der Waals surface area contributed by atoms with Crippen molar-refractivity contribution in [1.29, 1.82) is 0 Å². The van der Waals surface area contributed by atoms with Crippen LogP contribution in [0.1, 0.15) is 0 Å². The van der Waals surface area contributed by atoms with E-state index in [1.807, 2.05) is 0 Å². The molecular formula is C9H9N2NaO3S. The van der Waals surface area contributed by atoms with Gasteiger partial charge in [-0.1, -0.05) is 11.0 Å². The van der Waals surface area contributed by atoms with Crippen LogP contribution in [0.5, 0.6) is 0 Å². The molecule has 0 spiro atoms. The van der Waals surface area contributed by atoms with E-state index in [0.717, 1.165) is 5.52 Å². The summed E-state index contributed by atoms with van der Waals surface area (Å²) in [5, 5.41) is 0. The van der Waals surface area contributed by atoms with Crippen LogP contribution in [0, 0.1) is 0 Å². The van der Waals surface area contributed by atoms with Crippen molar-refractivity contribution in [3.63, 3.8) is 0 Å². The molecular weight excluding hydrogens is 239 g/mol. The molecule has 0 N–H and O–H groups in total. The number of benzene rings is 1. The molecule has 2 aromatic rings. The molecule has 80 valence electrons. The first-order valence-corrected chi connectivity index (χ1v) is 5.34. The maximum absolute atomic E-state index is 11.5. The minimum absolute atomic E-state index is 0. The Hall–Kier alpha value is -0.560.